The van der Waals surface area contributed by atoms with E-state index in [-0.39, 0.29) is 0 Å². The second-order valence-electron chi connectivity index (χ2n) is 3.35. The molecule has 0 unspecified atom stereocenters. The zero-order chi connectivity index (χ0) is 9.68. The van der Waals surface area contributed by atoms with E-state index in [1.807, 2.05) is 0 Å². The number of halogens is 1. The molecule has 0 radical (unpaired) electrons. The van der Waals surface area contributed by atoms with Gasteiger partial charge >= 0.3 is 0 Å². The maximum Gasteiger partial charge on any atom is 0.216 e. The molecule has 0 N–H and O–H groups in total. The highest BCUT2D eigenvalue weighted by Crippen LogP contribution is 2.11. The summed E-state index contributed by atoms with van der Waals surface area (Å²) < 4.78 is 17.9. The van der Waals surface area contributed by atoms with Crippen LogP contribution in [0.15, 0.2) is 18.3 Å². The van der Waals surface area contributed by atoms with Crippen LogP contribution in [0, 0.1) is 11.9 Å². The van der Waals surface area contributed by atoms with Crippen molar-refractivity contribution < 1.29 is 9.13 Å². The fraction of sp³-hybridized carbons (Fsp3) is 0.500. The molecule has 0 saturated carbocycles. The van der Waals surface area contributed by atoms with Gasteiger partial charge in [-0.2, -0.15) is 4.39 Å². The van der Waals surface area contributed by atoms with Crippen LogP contribution in [0.1, 0.15) is 20.3 Å². The number of ether oxygens (including phenoxy) is 1. The van der Waals surface area contributed by atoms with Gasteiger partial charge < -0.3 is 4.74 Å². The first-order valence-corrected chi connectivity index (χ1v) is 4.43. The van der Waals surface area contributed by atoms with E-state index in [9.17, 15) is 4.39 Å². The van der Waals surface area contributed by atoms with Crippen molar-refractivity contribution >= 4 is 0 Å². The number of hydrogen-bond donors (Lipinski definition) is 0. The standard InChI is InChI=1S/C10H14FNO/c1-8(2)4-6-13-9-3-5-12-10(11)7-9/h3,5,7-8H,4,6H2,1-2H3. The molecular formula is C10H14FNO. The lowest BCUT2D eigenvalue weighted by atomic mass is 10.1. The Kier molecular flexibility index (Phi) is 3.68. The Bertz CT molecular complexity index is 263. The third-order valence-corrected chi connectivity index (χ3v) is 1.66. The van der Waals surface area contributed by atoms with E-state index in [0.717, 1.165) is 6.42 Å². The van der Waals surface area contributed by atoms with Gasteiger partial charge in [-0.15, -0.1) is 0 Å². The second-order valence-corrected chi connectivity index (χ2v) is 3.35. The lowest BCUT2D eigenvalue weighted by molar-refractivity contribution is 0.287. The molecule has 13 heavy (non-hydrogen) atoms. The predicted octanol–water partition coefficient (Wildman–Crippen LogP) is 2.65. The highest BCUT2D eigenvalue weighted by molar-refractivity contribution is 5.17. The third-order valence-electron chi connectivity index (χ3n) is 1.66. The molecule has 0 saturated heterocycles. The fourth-order valence-corrected chi connectivity index (χ4v) is 0.887. The Hall–Kier alpha value is -1.12. The van der Waals surface area contributed by atoms with Gasteiger partial charge in [-0.25, -0.2) is 4.98 Å². The first kappa shape index (κ1) is 9.96. The summed E-state index contributed by atoms with van der Waals surface area (Å²) in [5, 5.41) is 0. The highest BCUT2D eigenvalue weighted by Gasteiger charge is 1.98. The summed E-state index contributed by atoms with van der Waals surface area (Å²) in [4.78, 5) is 3.44. The Morgan fingerprint density at radius 2 is 2.31 bits per heavy atom. The van der Waals surface area contributed by atoms with Crippen LogP contribution >= 0.6 is 0 Å². The zero-order valence-corrected chi connectivity index (χ0v) is 7.96. The molecule has 1 aromatic rings. The van der Waals surface area contributed by atoms with E-state index in [2.05, 4.69) is 18.8 Å². The second kappa shape index (κ2) is 4.80. The van der Waals surface area contributed by atoms with Gasteiger partial charge in [0.1, 0.15) is 5.75 Å². The van der Waals surface area contributed by atoms with Crippen molar-refractivity contribution in [3.63, 3.8) is 0 Å². The lowest BCUT2D eigenvalue weighted by Gasteiger charge is -2.07. The van der Waals surface area contributed by atoms with Crippen molar-refractivity contribution in [1.29, 1.82) is 0 Å². The summed E-state index contributed by atoms with van der Waals surface area (Å²) in [5.74, 6) is 0.655. The molecule has 0 aliphatic heterocycles. The number of aromatic nitrogens is 1. The van der Waals surface area contributed by atoms with Gasteiger partial charge in [0, 0.05) is 12.3 Å². The molecular weight excluding hydrogens is 169 g/mol. The van der Waals surface area contributed by atoms with Crippen LogP contribution in [0.3, 0.4) is 0 Å². The molecule has 0 fully saturated rings. The molecule has 0 aromatic carbocycles. The summed E-state index contributed by atoms with van der Waals surface area (Å²) in [7, 11) is 0. The van der Waals surface area contributed by atoms with Gasteiger partial charge in [-0.1, -0.05) is 13.8 Å². The summed E-state index contributed by atoms with van der Waals surface area (Å²) in [5.41, 5.74) is 0. The number of hydrogen-bond acceptors (Lipinski definition) is 2. The number of pyridine rings is 1. The monoisotopic (exact) mass is 183 g/mol. The van der Waals surface area contributed by atoms with Gasteiger partial charge in [0.2, 0.25) is 5.95 Å². The van der Waals surface area contributed by atoms with Crippen molar-refractivity contribution in [3.8, 4) is 5.75 Å². The normalized spacial score (nSPS) is 10.5. The summed E-state index contributed by atoms with van der Waals surface area (Å²) >= 11 is 0. The Balaban J connectivity index is 2.37. The SMILES string of the molecule is CC(C)CCOc1ccnc(F)c1. The molecule has 1 aromatic heterocycles. The van der Waals surface area contributed by atoms with E-state index in [4.69, 9.17) is 4.74 Å². The van der Waals surface area contributed by atoms with Gasteiger partial charge in [0.25, 0.3) is 0 Å². The smallest absolute Gasteiger partial charge is 0.216 e. The Morgan fingerprint density at radius 1 is 1.54 bits per heavy atom. The van der Waals surface area contributed by atoms with Crippen LogP contribution in [0.4, 0.5) is 4.39 Å². The molecule has 1 rings (SSSR count). The molecule has 3 heteroatoms. The fourth-order valence-electron chi connectivity index (χ4n) is 0.887. The van der Waals surface area contributed by atoms with E-state index >= 15 is 0 Å². The molecule has 0 aliphatic rings. The van der Waals surface area contributed by atoms with Crippen LogP contribution in [0.5, 0.6) is 5.75 Å². The quantitative estimate of drug-likeness (QED) is 0.669. The number of rotatable bonds is 4. The van der Waals surface area contributed by atoms with Crippen LogP contribution < -0.4 is 4.74 Å². The van der Waals surface area contributed by atoms with Crippen LogP contribution in [-0.2, 0) is 0 Å². The summed E-state index contributed by atoms with van der Waals surface area (Å²) in [6, 6.07) is 2.95. The van der Waals surface area contributed by atoms with E-state index in [1.54, 1.807) is 6.07 Å². The average Bonchev–Trinajstić information content (AvgIpc) is 2.03. The van der Waals surface area contributed by atoms with Crippen LogP contribution in [0.2, 0.25) is 0 Å². The molecule has 0 atom stereocenters. The van der Waals surface area contributed by atoms with Gasteiger partial charge in [-0.05, 0) is 18.4 Å². The average molecular weight is 183 g/mol. The topological polar surface area (TPSA) is 22.1 Å². The first-order chi connectivity index (χ1) is 6.18. The van der Waals surface area contributed by atoms with Crippen molar-refractivity contribution in [3.05, 3.63) is 24.3 Å². The van der Waals surface area contributed by atoms with Crippen LogP contribution in [0.25, 0.3) is 0 Å². The van der Waals surface area contributed by atoms with Gasteiger partial charge in [-0.3, -0.25) is 0 Å². The Morgan fingerprint density at radius 3 is 2.92 bits per heavy atom. The zero-order valence-electron chi connectivity index (χ0n) is 7.96. The minimum Gasteiger partial charge on any atom is -0.493 e. The third kappa shape index (κ3) is 3.87. The van der Waals surface area contributed by atoms with Crippen LogP contribution in [-0.4, -0.2) is 11.6 Å². The lowest BCUT2D eigenvalue weighted by Crippen LogP contribution is -2.01. The van der Waals surface area contributed by atoms with Crippen molar-refractivity contribution in [2.24, 2.45) is 5.92 Å². The van der Waals surface area contributed by atoms with Crippen molar-refractivity contribution in [2.45, 2.75) is 20.3 Å². The highest BCUT2D eigenvalue weighted by atomic mass is 19.1. The van der Waals surface area contributed by atoms with E-state index in [0.29, 0.717) is 18.3 Å². The molecule has 1 heterocycles. The molecule has 0 spiro atoms. The Labute approximate surface area is 77.8 Å². The largest absolute Gasteiger partial charge is 0.493 e. The van der Waals surface area contributed by atoms with E-state index in [1.165, 1.54) is 12.3 Å². The summed E-state index contributed by atoms with van der Waals surface area (Å²) in [6.07, 6.45) is 2.38. The van der Waals surface area contributed by atoms with Gasteiger partial charge in [0.05, 0.1) is 6.61 Å². The van der Waals surface area contributed by atoms with Crippen molar-refractivity contribution in [2.75, 3.05) is 6.61 Å². The first-order valence-electron chi connectivity index (χ1n) is 4.43. The molecule has 0 amide bonds. The minimum absolute atomic E-state index is 0.498. The summed E-state index contributed by atoms with van der Waals surface area (Å²) in [6.45, 7) is 4.87. The maximum atomic E-state index is 12.6. The minimum atomic E-state index is -0.498. The molecule has 72 valence electrons. The molecule has 0 aliphatic carbocycles. The van der Waals surface area contributed by atoms with E-state index < -0.39 is 5.95 Å². The molecule has 2 nitrogen and oxygen atoms in total. The number of nitrogens with zero attached hydrogens (tertiary/aromatic N) is 1. The maximum absolute atomic E-state index is 12.6. The van der Waals surface area contributed by atoms with Crippen molar-refractivity contribution in [1.82, 2.24) is 4.98 Å². The van der Waals surface area contributed by atoms with Gasteiger partial charge in [0.15, 0.2) is 0 Å². The molecule has 0 bridgehead atoms. The predicted molar refractivity (Wildman–Crippen MR) is 49.1 cm³/mol.